The summed E-state index contributed by atoms with van der Waals surface area (Å²) in [4.78, 5) is 8.89. The molecule has 7 heteroatoms. The summed E-state index contributed by atoms with van der Waals surface area (Å²) >= 11 is 5.92. The summed E-state index contributed by atoms with van der Waals surface area (Å²) in [7, 11) is 3.23. The van der Waals surface area contributed by atoms with Crippen LogP contribution in [0.5, 0.6) is 11.5 Å². The molecule has 0 unspecified atom stereocenters. The number of anilines is 3. The second-order valence-corrected chi connectivity index (χ2v) is 6.29. The Hall–Kier alpha value is -2.99. The third-order valence-electron chi connectivity index (χ3n) is 3.90. The predicted molar refractivity (Wildman–Crippen MR) is 108 cm³/mol. The van der Waals surface area contributed by atoms with Crippen molar-refractivity contribution < 1.29 is 9.47 Å². The monoisotopic (exact) mass is 384 g/mol. The van der Waals surface area contributed by atoms with Gasteiger partial charge in [-0.05, 0) is 36.8 Å². The molecular weight excluding hydrogens is 364 g/mol. The van der Waals surface area contributed by atoms with Gasteiger partial charge in [-0.15, -0.1) is 0 Å². The van der Waals surface area contributed by atoms with Crippen molar-refractivity contribution in [1.82, 2.24) is 9.97 Å². The fraction of sp³-hybridized carbons (Fsp3) is 0.200. The first-order valence-corrected chi connectivity index (χ1v) is 8.78. The van der Waals surface area contributed by atoms with Crippen molar-refractivity contribution in [1.29, 1.82) is 0 Å². The van der Waals surface area contributed by atoms with E-state index in [4.69, 9.17) is 21.1 Å². The zero-order chi connectivity index (χ0) is 19.2. The van der Waals surface area contributed by atoms with Gasteiger partial charge in [-0.2, -0.15) is 0 Å². The van der Waals surface area contributed by atoms with Crippen LogP contribution in [0.3, 0.4) is 0 Å². The van der Waals surface area contributed by atoms with Gasteiger partial charge in [0, 0.05) is 23.7 Å². The maximum atomic E-state index is 5.92. The Morgan fingerprint density at radius 1 is 0.926 bits per heavy atom. The van der Waals surface area contributed by atoms with Gasteiger partial charge in [-0.1, -0.05) is 23.7 Å². The molecule has 0 saturated carbocycles. The molecule has 0 fully saturated rings. The van der Waals surface area contributed by atoms with Crippen LogP contribution in [0, 0.1) is 6.92 Å². The van der Waals surface area contributed by atoms with Gasteiger partial charge in [0.05, 0.1) is 19.9 Å². The Labute approximate surface area is 163 Å². The number of nitrogens with zero attached hydrogens (tertiary/aromatic N) is 2. The molecule has 0 aliphatic carbocycles. The molecule has 0 spiro atoms. The minimum Gasteiger partial charge on any atom is -0.497 e. The van der Waals surface area contributed by atoms with Gasteiger partial charge in [-0.25, -0.2) is 9.97 Å². The van der Waals surface area contributed by atoms with Gasteiger partial charge in [-0.3, -0.25) is 0 Å². The first kappa shape index (κ1) is 18.8. The molecule has 0 bridgehead atoms. The van der Waals surface area contributed by atoms with Crippen LogP contribution in [0.2, 0.25) is 5.02 Å². The summed E-state index contributed by atoms with van der Waals surface area (Å²) in [5.74, 6) is 3.45. The predicted octanol–water partition coefficient (Wildman–Crippen LogP) is 4.81. The van der Waals surface area contributed by atoms with Crippen molar-refractivity contribution in [2.75, 3.05) is 24.9 Å². The summed E-state index contributed by atoms with van der Waals surface area (Å²) < 4.78 is 10.7. The zero-order valence-corrected chi connectivity index (χ0v) is 16.2. The number of benzene rings is 2. The number of nitrogens with one attached hydrogen (secondary N) is 2. The summed E-state index contributed by atoms with van der Waals surface area (Å²) in [5.41, 5.74) is 1.90. The maximum Gasteiger partial charge on any atom is 0.146 e. The standard InChI is InChI=1S/C20H21ClN4O2/c1-13-23-19(22-12-14-4-6-15(21)7-5-14)11-20(24-13)25-17-9-8-16(26-2)10-18(17)27-3/h4-11H,12H2,1-3H3,(H2,22,23,24,25). The third kappa shape index (κ3) is 5.01. The first-order valence-electron chi connectivity index (χ1n) is 8.40. The highest BCUT2D eigenvalue weighted by Gasteiger charge is 2.08. The molecule has 2 aromatic carbocycles. The molecule has 1 heterocycles. The smallest absolute Gasteiger partial charge is 0.146 e. The van der Waals surface area contributed by atoms with E-state index < -0.39 is 0 Å². The number of aryl methyl sites for hydroxylation is 1. The van der Waals surface area contributed by atoms with Gasteiger partial charge in [0.2, 0.25) is 0 Å². The van der Waals surface area contributed by atoms with Crippen LogP contribution in [0.15, 0.2) is 48.5 Å². The van der Waals surface area contributed by atoms with Crippen LogP contribution < -0.4 is 20.1 Å². The molecule has 0 aliphatic heterocycles. The second-order valence-electron chi connectivity index (χ2n) is 5.86. The van der Waals surface area contributed by atoms with Gasteiger partial charge in [0.15, 0.2) is 0 Å². The van der Waals surface area contributed by atoms with Crippen molar-refractivity contribution >= 4 is 28.9 Å². The highest BCUT2D eigenvalue weighted by Crippen LogP contribution is 2.31. The number of halogens is 1. The van der Waals surface area contributed by atoms with Crippen LogP contribution in [-0.4, -0.2) is 24.2 Å². The molecule has 6 nitrogen and oxygen atoms in total. The number of hydrogen-bond acceptors (Lipinski definition) is 6. The lowest BCUT2D eigenvalue weighted by Gasteiger charge is -2.13. The highest BCUT2D eigenvalue weighted by atomic mass is 35.5. The molecule has 1 aromatic heterocycles. The molecule has 2 N–H and O–H groups in total. The van der Waals surface area contributed by atoms with Crippen molar-refractivity contribution in [2.24, 2.45) is 0 Å². The van der Waals surface area contributed by atoms with Crippen LogP contribution in [-0.2, 0) is 6.54 Å². The molecule has 3 rings (SSSR count). The lowest BCUT2D eigenvalue weighted by atomic mass is 10.2. The lowest BCUT2D eigenvalue weighted by Crippen LogP contribution is -2.05. The lowest BCUT2D eigenvalue weighted by molar-refractivity contribution is 0.395. The normalized spacial score (nSPS) is 10.4. The largest absolute Gasteiger partial charge is 0.497 e. The highest BCUT2D eigenvalue weighted by molar-refractivity contribution is 6.30. The number of methoxy groups -OCH3 is 2. The Morgan fingerprint density at radius 3 is 2.37 bits per heavy atom. The summed E-state index contributed by atoms with van der Waals surface area (Å²) in [6, 6.07) is 15.1. The topological polar surface area (TPSA) is 68.3 Å². The van der Waals surface area contributed by atoms with Crippen molar-refractivity contribution in [2.45, 2.75) is 13.5 Å². The van der Waals surface area contributed by atoms with Gasteiger partial charge in [0.1, 0.15) is 29.0 Å². The Bertz CT molecular complexity index is 916. The van der Waals surface area contributed by atoms with E-state index in [9.17, 15) is 0 Å². The Balaban J connectivity index is 1.76. The van der Waals surface area contributed by atoms with Crippen molar-refractivity contribution in [3.63, 3.8) is 0 Å². The molecule has 0 amide bonds. The van der Waals surface area contributed by atoms with Crippen molar-refractivity contribution in [3.8, 4) is 11.5 Å². The third-order valence-corrected chi connectivity index (χ3v) is 4.15. The number of rotatable bonds is 7. The number of hydrogen-bond donors (Lipinski definition) is 2. The number of aromatic nitrogens is 2. The average Bonchev–Trinajstić information content (AvgIpc) is 2.67. The van der Waals surface area contributed by atoms with E-state index in [0.29, 0.717) is 23.9 Å². The van der Waals surface area contributed by atoms with Crippen molar-refractivity contribution in [3.05, 3.63) is 64.9 Å². The van der Waals surface area contributed by atoms with E-state index in [1.807, 2.05) is 55.5 Å². The van der Waals surface area contributed by atoms with E-state index in [-0.39, 0.29) is 0 Å². The van der Waals surface area contributed by atoms with E-state index in [0.717, 1.165) is 27.8 Å². The van der Waals surface area contributed by atoms with Gasteiger partial charge < -0.3 is 20.1 Å². The van der Waals surface area contributed by atoms with Gasteiger partial charge >= 0.3 is 0 Å². The molecular formula is C20H21ClN4O2. The summed E-state index contributed by atoms with van der Waals surface area (Å²) in [5, 5.41) is 7.30. The van der Waals surface area contributed by atoms with Gasteiger partial charge in [0.25, 0.3) is 0 Å². The fourth-order valence-electron chi connectivity index (χ4n) is 2.56. The SMILES string of the molecule is COc1ccc(Nc2cc(NCc3ccc(Cl)cc3)nc(C)n2)c(OC)c1. The van der Waals surface area contributed by atoms with E-state index in [2.05, 4.69) is 20.6 Å². The van der Waals surface area contributed by atoms with E-state index in [1.54, 1.807) is 14.2 Å². The maximum absolute atomic E-state index is 5.92. The molecule has 140 valence electrons. The fourth-order valence-corrected chi connectivity index (χ4v) is 2.68. The Kier molecular flexibility index (Phi) is 5.98. The zero-order valence-electron chi connectivity index (χ0n) is 15.4. The minimum absolute atomic E-state index is 0.638. The first-order chi connectivity index (χ1) is 13.1. The molecule has 0 radical (unpaired) electrons. The summed E-state index contributed by atoms with van der Waals surface area (Å²) in [6.45, 7) is 2.49. The minimum atomic E-state index is 0.638. The Morgan fingerprint density at radius 2 is 1.67 bits per heavy atom. The molecule has 27 heavy (non-hydrogen) atoms. The molecule has 0 atom stereocenters. The summed E-state index contributed by atoms with van der Waals surface area (Å²) in [6.07, 6.45) is 0. The number of ether oxygens (including phenoxy) is 2. The molecule has 0 aliphatic rings. The van der Waals surface area contributed by atoms with Crippen LogP contribution >= 0.6 is 11.6 Å². The quantitative estimate of drug-likeness (QED) is 0.609. The second kappa shape index (κ2) is 8.60. The van der Waals surface area contributed by atoms with E-state index in [1.165, 1.54) is 0 Å². The molecule has 0 saturated heterocycles. The average molecular weight is 385 g/mol. The van der Waals surface area contributed by atoms with Crippen LogP contribution in [0.4, 0.5) is 17.3 Å². The van der Waals surface area contributed by atoms with Crippen LogP contribution in [0.25, 0.3) is 0 Å². The van der Waals surface area contributed by atoms with Crippen LogP contribution in [0.1, 0.15) is 11.4 Å². The van der Waals surface area contributed by atoms with E-state index >= 15 is 0 Å². The molecule has 3 aromatic rings.